The molecule has 1 aromatic carbocycles. The maximum Gasteiger partial charge on any atom is 0.238 e. The third-order valence-electron chi connectivity index (χ3n) is 3.10. The molecule has 0 bridgehead atoms. The quantitative estimate of drug-likeness (QED) is 0.670. The topological polar surface area (TPSA) is 75.3 Å². The zero-order chi connectivity index (χ0) is 17.5. The Balaban J connectivity index is 2.72. The van der Waals surface area contributed by atoms with Crippen molar-refractivity contribution < 1.29 is 13.2 Å². The number of hydrogen-bond donors (Lipinski definition) is 2. The summed E-state index contributed by atoms with van der Waals surface area (Å²) in [5.41, 5.74) is 0.714. The number of rotatable bonds is 9. The Kier molecular flexibility index (Phi) is 8.71. The molecule has 1 atom stereocenters. The molecule has 0 fully saturated rings. The summed E-state index contributed by atoms with van der Waals surface area (Å²) in [5.74, 6) is 0.229. The van der Waals surface area contributed by atoms with Crippen LogP contribution in [0.25, 0.3) is 0 Å². The van der Waals surface area contributed by atoms with Gasteiger partial charge in [-0.25, -0.2) is 13.1 Å². The molecular weight excluding hydrogens is 379 g/mol. The fourth-order valence-corrected chi connectivity index (χ4v) is 3.52. The number of benzene rings is 1. The highest BCUT2D eigenvalue weighted by Gasteiger charge is 2.23. The second-order valence-corrected chi connectivity index (χ2v) is 8.68. The summed E-state index contributed by atoms with van der Waals surface area (Å²) in [6, 6.07) is 4.20. The van der Waals surface area contributed by atoms with Crippen LogP contribution in [0.1, 0.15) is 18.9 Å². The maximum atomic E-state index is 12.3. The smallest absolute Gasteiger partial charge is 0.238 e. The van der Waals surface area contributed by atoms with Gasteiger partial charge in [0.2, 0.25) is 15.9 Å². The van der Waals surface area contributed by atoms with E-state index in [1.54, 1.807) is 30.0 Å². The number of nitrogens with one attached hydrogen (secondary N) is 2. The van der Waals surface area contributed by atoms with Crippen LogP contribution in [0.4, 0.5) is 0 Å². The minimum Gasteiger partial charge on any atom is -0.351 e. The molecule has 0 aliphatic carbocycles. The molecule has 0 heterocycles. The minimum absolute atomic E-state index is 0.0704. The van der Waals surface area contributed by atoms with Crippen molar-refractivity contribution in [1.82, 2.24) is 10.0 Å². The average molecular weight is 399 g/mol. The van der Waals surface area contributed by atoms with Crippen molar-refractivity contribution in [3.63, 3.8) is 0 Å². The summed E-state index contributed by atoms with van der Waals surface area (Å²) < 4.78 is 25.8. The summed E-state index contributed by atoms with van der Waals surface area (Å²) in [5, 5.41) is 3.68. The Labute approximate surface area is 151 Å². The van der Waals surface area contributed by atoms with Crippen LogP contribution in [0.2, 0.25) is 10.0 Å². The predicted molar refractivity (Wildman–Crippen MR) is 97.7 cm³/mol. The van der Waals surface area contributed by atoms with Crippen LogP contribution in [0.15, 0.2) is 18.2 Å². The lowest BCUT2D eigenvalue weighted by Crippen LogP contribution is -2.47. The Hall–Kier alpha value is -0.470. The zero-order valence-electron chi connectivity index (χ0n) is 12.9. The fraction of sp³-hybridized carbons (Fsp3) is 0.500. The number of thioether (sulfide) groups is 1. The third kappa shape index (κ3) is 7.30. The summed E-state index contributed by atoms with van der Waals surface area (Å²) in [6.45, 7) is 1.73. The molecule has 0 aliphatic heterocycles. The third-order valence-corrected chi connectivity index (χ3v) is 5.73. The van der Waals surface area contributed by atoms with Crippen molar-refractivity contribution in [2.45, 2.75) is 25.9 Å². The van der Waals surface area contributed by atoms with Gasteiger partial charge in [0.15, 0.2) is 0 Å². The second kappa shape index (κ2) is 9.74. The van der Waals surface area contributed by atoms with Crippen LogP contribution < -0.4 is 10.0 Å². The van der Waals surface area contributed by atoms with Crippen LogP contribution in [-0.4, -0.2) is 38.1 Å². The lowest BCUT2D eigenvalue weighted by molar-refractivity contribution is -0.122. The van der Waals surface area contributed by atoms with Gasteiger partial charge >= 0.3 is 0 Å². The molecule has 0 aliphatic rings. The molecule has 0 aromatic heterocycles. The van der Waals surface area contributed by atoms with Crippen molar-refractivity contribution in [2.75, 3.05) is 17.8 Å². The van der Waals surface area contributed by atoms with Gasteiger partial charge in [0.05, 0.1) is 5.75 Å². The van der Waals surface area contributed by atoms with E-state index >= 15 is 0 Å². The summed E-state index contributed by atoms with van der Waals surface area (Å²) in [6.07, 6.45) is 2.32. The van der Waals surface area contributed by atoms with Gasteiger partial charge in [0.25, 0.3) is 0 Å². The van der Waals surface area contributed by atoms with Crippen LogP contribution >= 0.6 is 35.0 Å². The van der Waals surface area contributed by atoms with E-state index in [-0.39, 0.29) is 18.2 Å². The van der Waals surface area contributed by atoms with Gasteiger partial charge in [-0.15, -0.1) is 0 Å². The van der Waals surface area contributed by atoms with Gasteiger partial charge in [-0.2, -0.15) is 11.8 Å². The van der Waals surface area contributed by atoms with E-state index in [1.807, 2.05) is 6.26 Å². The molecule has 1 amide bonds. The predicted octanol–water partition coefficient (Wildman–Crippen LogP) is 2.67. The van der Waals surface area contributed by atoms with Crippen molar-refractivity contribution in [3.8, 4) is 0 Å². The molecule has 1 aromatic rings. The van der Waals surface area contributed by atoms with Crippen molar-refractivity contribution in [1.29, 1.82) is 0 Å². The lowest BCUT2D eigenvalue weighted by atomic mass is 10.2. The number of sulfonamides is 1. The van der Waals surface area contributed by atoms with Crippen molar-refractivity contribution >= 4 is 50.9 Å². The van der Waals surface area contributed by atoms with E-state index in [4.69, 9.17) is 23.2 Å². The first-order chi connectivity index (χ1) is 10.8. The largest absolute Gasteiger partial charge is 0.351 e. The second-order valence-electron chi connectivity index (χ2n) is 4.81. The van der Waals surface area contributed by atoms with E-state index in [0.29, 0.717) is 27.8 Å². The van der Waals surface area contributed by atoms with Crippen LogP contribution in [0, 0.1) is 0 Å². The highest BCUT2D eigenvalue weighted by molar-refractivity contribution is 7.98. The molecule has 0 spiro atoms. The summed E-state index contributed by atoms with van der Waals surface area (Å²) >= 11 is 13.4. The van der Waals surface area contributed by atoms with E-state index in [9.17, 15) is 13.2 Å². The number of carbonyl (C=O) groups excluding carboxylic acids is 1. The molecule has 9 heteroatoms. The Morgan fingerprint density at radius 1 is 1.35 bits per heavy atom. The molecule has 1 unspecified atom stereocenters. The highest BCUT2D eigenvalue weighted by atomic mass is 35.5. The number of amides is 1. The molecule has 130 valence electrons. The number of carbonyl (C=O) groups is 1. The van der Waals surface area contributed by atoms with E-state index in [0.717, 1.165) is 0 Å². The summed E-state index contributed by atoms with van der Waals surface area (Å²) in [7, 11) is -3.45. The first kappa shape index (κ1) is 20.6. The van der Waals surface area contributed by atoms with Gasteiger partial charge < -0.3 is 5.32 Å². The van der Waals surface area contributed by atoms with Crippen molar-refractivity contribution in [2.24, 2.45) is 0 Å². The Morgan fingerprint density at radius 2 is 2.04 bits per heavy atom. The molecule has 0 radical (unpaired) electrons. The maximum absolute atomic E-state index is 12.3. The van der Waals surface area contributed by atoms with Crippen LogP contribution in [0.5, 0.6) is 0 Å². The van der Waals surface area contributed by atoms with Crippen molar-refractivity contribution in [3.05, 3.63) is 33.8 Å². The molecule has 1 rings (SSSR count). The Bertz CT molecular complexity index is 639. The van der Waals surface area contributed by atoms with Gasteiger partial charge in [-0.3, -0.25) is 4.79 Å². The molecule has 5 nitrogen and oxygen atoms in total. The first-order valence-electron chi connectivity index (χ1n) is 6.99. The lowest BCUT2D eigenvalue weighted by Gasteiger charge is -2.18. The minimum atomic E-state index is -3.45. The van der Waals surface area contributed by atoms with Gasteiger partial charge in [0.1, 0.15) is 6.04 Å². The van der Waals surface area contributed by atoms with E-state index in [2.05, 4.69) is 10.0 Å². The zero-order valence-corrected chi connectivity index (χ0v) is 16.1. The number of hydrogen-bond acceptors (Lipinski definition) is 4. The molecule has 23 heavy (non-hydrogen) atoms. The van der Waals surface area contributed by atoms with E-state index < -0.39 is 16.1 Å². The first-order valence-corrected chi connectivity index (χ1v) is 10.8. The fourth-order valence-electron chi connectivity index (χ4n) is 1.75. The normalized spacial score (nSPS) is 12.9. The SMILES string of the molecule is CCS(=O)(=O)NC(CCSC)C(=O)NCc1ccc(Cl)cc1Cl. The van der Waals surface area contributed by atoms with Gasteiger partial charge in [0, 0.05) is 16.6 Å². The molecule has 0 saturated carbocycles. The monoisotopic (exact) mass is 398 g/mol. The average Bonchev–Trinajstić information content (AvgIpc) is 2.50. The van der Waals surface area contributed by atoms with Gasteiger partial charge in [-0.1, -0.05) is 29.3 Å². The van der Waals surface area contributed by atoms with Gasteiger partial charge in [-0.05, 0) is 43.0 Å². The number of halogens is 2. The molecular formula is C14H20Cl2N2O3S2. The molecule has 0 saturated heterocycles. The molecule has 2 N–H and O–H groups in total. The Morgan fingerprint density at radius 3 is 2.61 bits per heavy atom. The van der Waals surface area contributed by atoms with Crippen LogP contribution in [-0.2, 0) is 21.4 Å². The highest BCUT2D eigenvalue weighted by Crippen LogP contribution is 2.20. The standard InChI is InChI=1S/C14H20Cl2N2O3S2/c1-3-23(20,21)18-13(6-7-22-2)14(19)17-9-10-4-5-11(15)8-12(10)16/h4-5,8,13,18H,3,6-7,9H2,1-2H3,(H,17,19). The summed E-state index contributed by atoms with van der Waals surface area (Å²) in [4.78, 5) is 12.3. The van der Waals surface area contributed by atoms with Crippen LogP contribution in [0.3, 0.4) is 0 Å². The van der Waals surface area contributed by atoms with E-state index in [1.165, 1.54) is 6.92 Å².